The van der Waals surface area contributed by atoms with E-state index in [-0.39, 0.29) is 5.91 Å². The van der Waals surface area contributed by atoms with Crippen LogP contribution in [-0.4, -0.2) is 58.9 Å². The second kappa shape index (κ2) is 7.27. The summed E-state index contributed by atoms with van der Waals surface area (Å²) in [5.74, 6) is 0.793. The predicted molar refractivity (Wildman–Crippen MR) is 93.6 cm³/mol. The molecule has 1 aliphatic heterocycles. The van der Waals surface area contributed by atoms with Crippen molar-refractivity contribution in [3.63, 3.8) is 0 Å². The van der Waals surface area contributed by atoms with E-state index in [2.05, 4.69) is 21.9 Å². The Balaban J connectivity index is 1.64. The van der Waals surface area contributed by atoms with Crippen molar-refractivity contribution in [1.82, 2.24) is 19.8 Å². The van der Waals surface area contributed by atoms with E-state index < -0.39 is 0 Å². The summed E-state index contributed by atoms with van der Waals surface area (Å²) in [4.78, 5) is 26.2. The van der Waals surface area contributed by atoms with Gasteiger partial charge in [0.1, 0.15) is 22.2 Å². The molecule has 128 valence electrons. The van der Waals surface area contributed by atoms with Gasteiger partial charge in [-0.2, -0.15) is 0 Å². The van der Waals surface area contributed by atoms with Crippen LogP contribution in [-0.2, 0) is 6.61 Å². The van der Waals surface area contributed by atoms with E-state index in [1.807, 2.05) is 30.9 Å². The van der Waals surface area contributed by atoms with Gasteiger partial charge in [0.25, 0.3) is 5.91 Å². The molecule has 1 saturated heterocycles. The summed E-state index contributed by atoms with van der Waals surface area (Å²) in [6, 6.07) is 3.80. The summed E-state index contributed by atoms with van der Waals surface area (Å²) in [7, 11) is 2.08. The van der Waals surface area contributed by atoms with Crippen LogP contribution in [0.25, 0.3) is 0 Å². The molecule has 0 aliphatic carbocycles. The van der Waals surface area contributed by atoms with Gasteiger partial charge >= 0.3 is 0 Å². The third-order valence-corrected chi connectivity index (χ3v) is 5.19. The van der Waals surface area contributed by atoms with Crippen LogP contribution < -0.4 is 4.74 Å². The molecule has 3 heterocycles. The maximum absolute atomic E-state index is 12.7. The van der Waals surface area contributed by atoms with Crippen molar-refractivity contribution in [3.05, 3.63) is 39.6 Å². The minimum Gasteiger partial charge on any atom is -0.485 e. The van der Waals surface area contributed by atoms with E-state index in [9.17, 15) is 4.79 Å². The van der Waals surface area contributed by atoms with Gasteiger partial charge in [-0.3, -0.25) is 9.78 Å². The molecule has 0 aromatic carbocycles. The maximum Gasteiger partial charge on any atom is 0.265 e. The normalized spacial score (nSPS) is 15.5. The number of piperazine rings is 1. The lowest BCUT2D eigenvalue weighted by Crippen LogP contribution is -2.47. The van der Waals surface area contributed by atoms with Crippen LogP contribution in [0.4, 0.5) is 0 Å². The van der Waals surface area contributed by atoms with Gasteiger partial charge in [-0.05, 0) is 33.0 Å². The monoisotopic (exact) mass is 346 g/mol. The van der Waals surface area contributed by atoms with E-state index in [1.54, 1.807) is 6.20 Å². The summed E-state index contributed by atoms with van der Waals surface area (Å²) in [5, 5.41) is 0.811. The van der Waals surface area contributed by atoms with Gasteiger partial charge in [-0.1, -0.05) is 0 Å². The number of amides is 1. The Labute approximate surface area is 146 Å². The third kappa shape index (κ3) is 3.91. The highest BCUT2D eigenvalue weighted by Gasteiger charge is 2.24. The van der Waals surface area contributed by atoms with Gasteiger partial charge in [0.2, 0.25) is 0 Å². The lowest BCUT2D eigenvalue weighted by Gasteiger charge is -2.32. The zero-order valence-corrected chi connectivity index (χ0v) is 15.1. The van der Waals surface area contributed by atoms with Crippen LogP contribution in [0.2, 0.25) is 0 Å². The number of hydrogen-bond donors (Lipinski definition) is 0. The molecule has 0 radical (unpaired) electrons. The van der Waals surface area contributed by atoms with E-state index in [0.29, 0.717) is 12.4 Å². The Bertz CT molecular complexity index is 706. The Morgan fingerprint density at radius 3 is 2.67 bits per heavy atom. The summed E-state index contributed by atoms with van der Waals surface area (Å²) >= 11 is 1.42. The van der Waals surface area contributed by atoms with Gasteiger partial charge < -0.3 is 14.5 Å². The standard InChI is InChI=1S/C17H22N4O2S/c1-12-4-5-14(10-18-12)23-11-15-19-13(2)16(24-15)17(22)21-8-6-20(3)7-9-21/h4-5,10H,6-9,11H2,1-3H3. The van der Waals surface area contributed by atoms with Gasteiger partial charge in [0, 0.05) is 31.9 Å². The van der Waals surface area contributed by atoms with E-state index in [4.69, 9.17) is 4.74 Å². The average Bonchev–Trinajstić information content (AvgIpc) is 2.95. The van der Waals surface area contributed by atoms with Gasteiger partial charge in [-0.25, -0.2) is 4.98 Å². The fraction of sp³-hybridized carbons (Fsp3) is 0.471. The molecule has 6 nitrogen and oxygen atoms in total. The first kappa shape index (κ1) is 16.9. The van der Waals surface area contributed by atoms with Crippen molar-refractivity contribution in [3.8, 4) is 5.75 Å². The maximum atomic E-state index is 12.7. The summed E-state index contributed by atoms with van der Waals surface area (Å²) in [6.07, 6.45) is 1.70. The second-order valence-electron chi connectivity index (χ2n) is 6.04. The van der Waals surface area contributed by atoms with Crippen LogP contribution >= 0.6 is 11.3 Å². The highest BCUT2D eigenvalue weighted by atomic mass is 32.1. The fourth-order valence-electron chi connectivity index (χ4n) is 2.55. The molecule has 0 saturated carbocycles. The van der Waals surface area contributed by atoms with Crippen molar-refractivity contribution in [2.75, 3.05) is 33.2 Å². The number of nitrogens with zero attached hydrogens (tertiary/aromatic N) is 4. The molecule has 0 unspecified atom stereocenters. The number of pyridine rings is 1. The molecule has 7 heteroatoms. The lowest BCUT2D eigenvalue weighted by molar-refractivity contribution is 0.0668. The first-order valence-corrected chi connectivity index (χ1v) is 8.84. The summed E-state index contributed by atoms with van der Waals surface area (Å²) < 4.78 is 5.71. The summed E-state index contributed by atoms with van der Waals surface area (Å²) in [6.45, 7) is 7.55. The van der Waals surface area contributed by atoms with E-state index in [1.165, 1.54) is 11.3 Å². The number of likely N-dealkylation sites (N-methyl/N-ethyl adjacent to an activating group) is 1. The zero-order chi connectivity index (χ0) is 17.1. The SMILES string of the molecule is Cc1ccc(OCc2nc(C)c(C(=O)N3CCN(C)CC3)s2)cn1. The Hall–Kier alpha value is -1.99. The minimum atomic E-state index is 0.0846. The smallest absolute Gasteiger partial charge is 0.265 e. The molecule has 1 fully saturated rings. The molecule has 3 rings (SSSR count). The fourth-order valence-corrected chi connectivity index (χ4v) is 3.50. The molecule has 0 N–H and O–H groups in total. The van der Waals surface area contributed by atoms with Crippen LogP contribution in [0.5, 0.6) is 5.75 Å². The topological polar surface area (TPSA) is 58.6 Å². The second-order valence-corrected chi connectivity index (χ2v) is 7.13. The molecule has 1 aliphatic rings. The zero-order valence-electron chi connectivity index (χ0n) is 14.3. The van der Waals surface area contributed by atoms with Crippen LogP contribution in [0.15, 0.2) is 18.3 Å². The highest BCUT2D eigenvalue weighted by molar-refractivity contribution is 7.13. The van der Waals surface area contributed by atoms with Crippen molar-refractivity contribution in [2.45, 2.75) is 20.5 Å². The Morgan fingerprint density at radius 2 is 2.00 bits per heavy atom. The largest absolute Gasteiger partial charge is 0.485 e. The number of thiazole rings is 1. The summed E-state index contributed by atoms with van der Waals surface area (Å²) in [5.41, 5.74) is 1.73. The van der Waals surface area contributed by atoms with E-state index in [0.717, 1.165) is 47.5 Å². The van der Waals surface area contributed by atoms with Crippen molar-refractivity contribution < 1.29 is 9.53 Å². The predicted octanol–water partition coefficient (Wildman–Crippen LogP) is 2.12. The number of carbonyl (C=O) groups is 1. The number of rotatable bonds is 4. The Morgan fingerprint density at radius 1 is 1.25 bits per heavy atom. The van der Waals surface area contributed by atoms with Gasteiger partial charge in [0.15, 0.2) is 0 Å². The number of ether oxygens (including phenoxy) is 1. The minimum absolute atomic E-state index is 0.0846. The third-order valence-electron chi connectivity index (χ3n) is 4.07. The van der Waals surface area contributed by atoms with Crippen LogP contribution in [0, 0.1) is 13.8 Å². The van der Waals surface area contributed by atoms with Gasteiger partial charge in [0.05, 0.1) is 11.9 Å². The lowest BCUT2D eigenvalue weighted by atomic mass is 10.3. The molecule has 0 spiro atoms. The molecule has 1 amide bonds. The number of hydrogen-bond acceptors (Lipinski definition) is 6. The molecule has 24 heavy (non-hydrogen) atoms. The quantitative estimate of drug-likeness (QED) is 0.849. The molecule has 0 atom stereocenters. The molecular weight excluding hydrogens is 324 g/mol. The van der Waals surface area contributed by atoms with Crippen LogP contribution in [0.1, 0.15) is 26.1 Å². The number of aromatic nitrogens is 2. The number of aryl methyl sites for hydroxylation is 2. The van der Waals surface area contributed by atoms with E-state index >= 15 is 0 Å². The first-order chi connectivity index (χ1) is 11.5. The van der Waals surface area contributed by atoms with Gasteiger partial charge in [-0.15, -0.1) is 11.3 Å². The van der Waals surface area contributed by atoms with Crippen molar-refractivity contribution >= 4 is 17.2 Å². The molecular formula is C17H22N4O2S. The van der Waals surface area contributed by atoms with Crippen LogP contribution in [0.3, 0.4) is 0 Å². The highest BCUT2D eigenvalue weighted by Crippen LogP contribution is 2.22. The first-order valence-electron chi connectivity index (χ1n) is 8.02. The molecule has 0 bridgehead atoms. The Kier molecular flexibility index (Phi) is 5.11. The van der Waals surface area contributed by atoms with Crippen molar-refractivity contribution in [2.24, 2.45) is 0 Å². The average molecular weight is 346 g/mol. The molecule has 2 aromatic rings. The number of carbonyl (C=O) groups excluding carboxylic acids is 1. The van der Waals surface area contributed by atoms with Crippen molar-refractivity contribution in [1.29, 1.82) is 0 Å². The molecule has 2 aromatic heterocycles.